The van der Waals surface area contributed by atoms with Gasteiger partial charge >= 0.3 is 5.69 Å². The summed E-state index contributed by atoms with van der Waals surface area (Å²) in [5.41, 5.74) is 0.706. The fourth-order valence-corrected chi connectivity index (χ4v) is 2.10. The first-order chi connectivity index (χ1) is 7.61. The van der Waals surface area contributed by atoms with Gasteiger partial charge in [-0.25, -0.2) is 0 Å². The first kappa shape index (κ1) is 10.9. The molecular formula is C11H13FN2O2. The molecule has 1 heterocycles. The third-order valence-electron chi connectivity index (χ3n) is 2.98. The number of benzene rings is 1. The van der Waals surface area contributed by atoms with Crippen LogP contribution in [0.1, 0.15) is 18.4 Å². The SMILES string of the molecule is Cc1c(N2CCCC2)ccc([N+](=O)[O-])c1F. The molecule has 1 aliphatic rings. The minimum atomic E-state index is -0.714. The molecule has 86 valence electrons. The van der Waals surface area contributed by atoms with Crippen LogP contribution in [0.3, 0.4) is 0 Å². The number of halogens is 1. The fourth-order valence-electron chi connectivity index (χ4n) is 2.10. The van der Waals surface area contributed by atoms with Crippen LogP contribution < -0.4 is 4.90 Å². The average molecular weight is 224 g/mol. The number of anilines is 1. The predicted octanol–water partition coefficient (Wildman–Crippen LogP) is 2.64. The fraction of sp³-hybridized carbons (Fsp3) is 0.455. The van der Waals surface area contributed by atoms with Crippen LogP contribution in [0.2, 0.25) is 0 Å². The normalized spacial score (nSPS) is 15.5. The highest BCUT2D eigenvalue weighted by Crippen LogP contribution is 2.30. The highest BCUT2D eigenvalue weighted by atomic mass is 19.1. The van der Waals surface area contributed by atoms with Gasteiger partial charge in [-0.15, -0.1) is 0 Å². The van der Waals surface area contributed by atoms with E-state index in [0.717, 1.165) is 31.6 Å². The molecule has 1 aromatic rings. The molecule has 0 radical (unpaired) electrons. The standard InChI is InChI=1S/C11H13FN2O2/c1-8-9(13-6-2-3-7-13)4-5-10(11(8)12)14(15)16/h4-5H,2-3,6-7H2,1H3. The zero-order chi connectivity index (χ0) is 11.7. The van der Waals surface area contributed by atoms with Gasteiger partial charge in [0.2, 0.25) is 5.82 Å². The lowest BCUT2D eigenvalue weighted by atomic mass is 10.1. The van der Waals surface area contributed by atoms with Crippen molar-refractivity contribution in [1.29, 1.82) is 0 Å². The van der Waals surface area contributed by atoms with Gasteiger partial charge in [0.15, 0.2) is 0 Å². The van der Waals surface area contributed by atoms with Crippen molar-refractivity contribution in [2.75, 3.05) is 18.0 Å². The minimum Gasteiger partial charge on any atom is -0.371 e. The summed E-state index contributed by atoms with van der Waals surface area (Å²) in [4.78, 5) is 11.9. The Balaban J connectivity index is 2.41. The molecule has 0 atom stereocenters. The van der Waals surface area contributed by atoms with Gasteiger partial charge in [-0.05, 0) is 25.8 Å². The predicted molar refractivity (Wildman–Crippen MR) is 59.2 cm³/mol. The zero-order valence-corrected chi connectivity index (χ0v) is 9.07. The second-order valence-electron chi connectivity index (χ2n) is 3.99. The second kappa shape index (κ2) is 4.08. The summed E-state index contributed by atoms with van der Waals surface area (Å²) in [6.45, 7) is 3.40. The van der Waals surface area contributed by atoms with E-state index in [0.29, 0.717) is 5.56 Å². The van der Waals surface area contributed by atoms with E-state index in [1.807, 2.05) is 0 Å². The van der Waals surface area contributed by atoms with Crippen LogP contribution in [0, 0.1) is 22.9 Å². The molecule has 1 fully saturated rings. The molecular weight excluding hydrogens is 211 g/mol. The van der Waals surface area contributed by atoms with E-state index in [1.165, 1.54) is 6.07 Å². The lowest BCUT2D eigenvalue weighted by Crippen LogP contribution is -2.19. The molecule has 1 saturated heterocycles. The Labute approximate surface area is 92.8 Å². The van der Waals surface area contributed by atoms with Crippen molar-refractivity contribution in [1.82, 2.24) is 0 Å². The van der Waals surface area contributed by atoms with Crippen molar-refractivity contribution in [3.63, 3.8) is 0 Å². The lowest BCUT2D eigenvalue weighted by molar-refractivity contribution is -0.387. The monoisotopic (exact) mass is 224 g/mol. The Kier molecular flexibility index (Phi) is 2.77. The molecule has 16 heavy (non-hydrogen) atoms. The molecule has 0 unspecified atom stereocenters. The van der Waals surface area contributed by atoms with Gasteiger partial charge in [0.1, 0.15) is 0 Å². The third kappa shape index (κ3) is 1.73. The van der Waals surface area contributed by atoms with Crippen molar-refractivity contribution in [2.24, 2.45) is 0 Å². The highest BCUT2D eigenvalue weighted by molar-refractivity contribution is 5.58. The molecule has 5 heteroatoms. The summed E-state index contributed by atoms with van der Waals surface area (Å²) in [5, 5.41) is 10.6. The maximum atomic E-state index is 13.7. The second-order valence-corrected chi connectivity index (χ2v) is 3.99. The van der Waals surface area contributed by atoms with E-state index in [-0.39, 0.29) is 0 Å². The van der Waals surface area contributed by atoms with Crippen LogP contribution in [-0.4, -0.2) is 18.0 Å². The summed E-state index contributed by atoms with van der Waals surface area (Å²) >= 11 is 0. The molecule has 2 rings (SSSR count). The molecule has 0 saturated carbocycles. The lowest BCUT2D eigenvalue weighted by Gasteiger charge is -2.20. The van der Waals surface area contributed by atoms with Gasteiger partial charge in [-0.2, -0.15) is 4.39 Å². The van der Waals surface area contributed by atoms with E-state index >= 15 is 0 Å². The van der Waals surface area contributed by atoms with Crippen LogP contribution in [-0.2, 0) is 0 Å². The van der Waals surface area contributed by atoms with Crippen molar-refractivity contribution < 1.29 is 9.31 Å². The Morgan fingerprint density at radius 3 is 2.56 bits per heavy atom. The van der Waals surface area contributed by atoms with E-state index in [1.54, 1.807) is 13.0 Å². The molecule has 0 bridgehead atoms. The van der Waals surface area contributed by atoms with Gasteiger partial charge in [-0.1, -0.05) is 0 Å². The molecule has 0 amide bonds. The number of nitrogens with zero attached hydrogens (tertiary/aromatic N) is 2. The van der Waals surface area contributed by atoms with Gasteiger partial charge in [-0.3, -0.25) is 10.1 Å². The zero-order valence-electron chi connectivity index (χ0n) is 9.07. The molecule has 1 aliphatic heterocycles. The Hall–Kier alpha value is -1.65. The largest absolute Gasteiger partial charge is 0.371 e. The van der Waals surface area contributed by atoms with E-state index < -0.39 is 16.4 Å². The first-order valence-electron chi connectivity index (χ1n) is 5.29. The van der Waals surface area contributed by atoms with Crippen molar-refractivity contribution in [3.05, 3.63) is 33.6 Å². The topological polar surface area (TPSA) is 46.4 Å². The van der Waals surface area contributed by atoms with E-state index in [2.05, 4.69) is 4.90 Å². The van der Waals surface area contributed by atoms with Crippen LogP contribution in [0.15, 0.2) is 12.1 Å². The number of nitro benzene ring substituents is 1. The van der Waals surface area contributed by atoms with Crippen LogP contribution in [0.4, 0.5) is 15.8 Å². The maximum absolute atomic E-state index is 13.7. The van der Waals surface area contributed by atoms with Gasteiger partial charge in [0.05, 0.1) is 4.92 Å². The smallest absolute Gasteiger partial charge is 0.305 e. The first-order valence-corrected chi connectivity index (χ1v) is 5.29. The van der Waals surface area contributed by atoms with Crippen molar-refractivity contribution >= 4 is 11.4 Å². The Morgan fingerprint density at radius 1 is 1.38 bits per heavy atom. The summed E-state index contributed by atoms with van der Waals surface area (Å²) in [6, 6.07) is 2.89. The third-order valence-corrected chi connectivity index (χ3v) is 2.98. The van der Waals surface area contributed by atoms with Crippen LogP contribution in [0.5, 0.6) is 0 Å². The van der Waals surface area contributed by atoms with Gasteiger partial charge in [0, 0.05) is 30.4 Å². The van der Waals surface area contributed by atoms with Gasteiger partial charge in [0.25, 0.3) is 0 Å². The Bertz CT molecular complexity index is 428. The van der Waals surface area contributed by atoms with E-state index in [4.69, 9.17) is 0 Å². The summed E-state index contributed by atoms with van der Waals surface area (Å²) in [7, 11) is 0. The summed E-state index contributed by atoms with van der Waals surface area (Å²) in [5.74, 6) is -0.714. The molecule has 1 aromatic carbocycles. The number of rotatable bonds is 2. The number of nitro groups is 1. The minimum absolute atomic E-state index is 0.371. The molecule has 0 spiro atoms. The number of hydrogen-bond acceptors (Lipinski definition) is 3. The average Bonchev–Trinajstić information content (AvgIpc) is 2.74. The van der Waals surface area contributed by atoms with Gasteiger partial charge < -0.3 is 4.90 Å². The van der Waals surface area contributed by atoms with Crippen molar-refractivity contribution in [3.8, 4) is 0 Å². The Morgan fingerprint density at radius 2 is 2.00 bits per heavy atom. The van der Waals surface area contributed by atoms with E-state index in [9.17, 15) is 14.5 Å². The molecule has 0 aliphatic carbocycles. The maximum Gasteiger partial charge on any atom is 0.305 e. The quantitative estimate of drug-likeness (QED) is 0.573. The molecule has 0 aromatic heterocycles. The summed E-state index contributed by atoms with van der Waals surface area (Å²) in [6.07, 6.45) is 2.19. The molecule has 0 N–H and O–H groups in total. The molecule has 4 nitrogen and oxygen atoms in total. The van der Waals surface area contributed by atoms with Crippen molar-refractivity contribution in [2.45, 2.75) is 19.8 Å². The van der Waals surface area contributed by atoms with Crippen LogP contribution in [0.25, 0.3) is 0 Å². The highest BCUT2D eigenvalue weighted by Gasteiger charge is 2.22. The number of hydrogen-bond donors (Lipinski definition) is 0. The van der Waals surface area contributed by atoms with Crippen LogP contribution >= 0.6 is 0 Å². The summed E-state index contributed by atoms with van der Waals surface area (Å²) < 4.78 is 13.7.